The van der Waals surface area contributed by atoms with Gasteiger partial charge in [0.2, 0.25) is 0 Å². The van der Waals surface area contributed by atoms with E-state index in [1.807, 2.05) is 71.6 Å². The highest BCUT2D eigenvalue weighted by Gasteiger charge is 2.28. The van der Waals surface area contributed by atoms with Gasteiger partial charge < -0.3 is 9.64 Å². The molecule has 0 radical (unpaired) electrons. The third-order valence-corrected chi connectivity index (χ3v) is 6.05. The van der Waals surface area contributed by atoms with Crippen LogP contribution >= 0.6 is 0 Å². The molecule has 0 aromatic heterocycles. The fourth-order valence-corrected chi connectivity index (χ4v) is 4.33. The lowest BCUT2D eigenvalue weighted by Crippen LogP contribution is -2.49. The molecule has 2 aliphatic rings. The van der Waals surface area contributed by atoms with E-state index >= 15 is 0 Å². The summed E-state index contributed by atoms with van der Waals surface area (Å²) in [5.74, 6) is 0.875. The third kappa shape index (κ3) is 3.84. The first-order valence-corrected chi connectivity index (χ1v) is 10.7. The first-order chi connectivity index (χ1) is 15.2. The Morgan fingerprint density at radius 1 is 0.774 bits per heavy atom. The van der Waals surface area contributed by atoms with Crippen LogP contribution in [-0.2, 0) is 0 Å². The zero-order chi connectivity index (χ0) is 21.2. The van der Waals surface area contributed by atoms with E-state index in [0.29, 0.717) is 36.4 Å². The van der Waals surface area contributed by atoms with Gasteiger partial charge in [0, 0.05) is 49.4 Å². The van der Waals surface area contributed by atoms with Crippen LogP contribution in [0, 0.1) is 0 Å². The van der Waals surface area contributed by atoms with Crippen molar-refractivity contribution < 1.29 is 14.3 Å². The summed E-state index contributed by atoms with van der Waals surface area (Å²) in [6.45, 7) is 4.46. The van der Waals surface area contributed by atoms with Crippen LogP contribution in [0.25, 0.3) is 11.1 Å². The number of carbonyl (C=O) groups excluding carboxylic acids is 2. The fourth-order valence-electron chi connectivity index (χ4n) is 4.33. The molecule has 0 atom stereocenters. The van der Waals surface area contributed by atoms with Crippen LogP contribution in [-0.4, -0.2) is 60.8 Å². The Morgan fingerprint density at radius 3 is 2.23 bits per heavy atom. The number of carbonyl (C=O) groups is 2. The van der Waals surface area contributed by atoms with Crippen LogP contribution in [0.3, 0.4) is 0 Å². The molecular formula is C26H24N2O3. The number of rotatable bonds is 5. The summed E-state index contributed by atoms with van der Waals surface area (Å²) in [5, 5.41) is 0. The van der Waals surface area contributed by atoms with Gasteiger partial charge in [0.1, 0.15) is 12.4 Å². The first-order valence-electron chi connectivity index (χ1n) is 10.7. The predicted octanol–water partition coefficient (Wildman–Crippen LogP) is 3.73. The Labute approximate surface area is 181 Å². The maximum atomic E-state index is 13.1. The topological polar surface area (TPSA) is 49.9 Å². The van der Waals surface area contributed by atoms with E-state index < -0.39 is 0 Å². The molecule has 0 N–H and O–H groups in total. The van der Waals surface area contributed by atoms with Gasteiger partial charge in [0.25, 0.3) is 5.91 Å². The van der Waals surface area contributed by atoms with E-state index in [1.165, 1.54) is 0 Å². The molecule has 1 amide bonds. The molecule has 3 aromatic rings. The molecule has 0 unspecified atom stereocenters. The Balaban J connectivity index is 1.18. The number of hydrogen-bond acceptors (Lipinski definition) is 4. The second-order valence-electron chi connectivity index (χ2n) is 7.93. The second-order valence-corrected chi connectivity index (χ2v) is 7.93. The standard InChI is InChI=1S/C26H24N2O3/c29-25-23-9-5-4-8-21(23)22-11-10-19(18-24(22)25)26(30)28-14-12-27(13-15-28)16-17-31-20-6-2-1-3-7-20/h1-11,18H,12-17H2. The number of ether oxygens (including phenoxy) is 1. The van der Waals surface area contributed by atoms with Gasteiger partial charge in [-0.3, -0.25) is 14.5 Å². The lowest BCUT2D eigenvalue weighted by Gasteiger charge is -2.34. The number of hydrogen-bond donors (Lipinski definition) is 0. The Morgan fingerprint density at radius 2 is 1.45 bits per heavy atom. The minimum Gasteiger partial charge on any atom is -0.492 e. The summed E-state index contributed by atoms with van der Waals surface area (Å²) >= 11 is 0. The van der Waals surface area contributed by atoms with E-state index in [-0.39, 0.29) is 11.7 Å². The van der Waals surface area contributed by atoms with E-state index in [1.54, 1.807) is 6.07 Å². The lowest BCUT2D eigenvalue weighted by atomic mass is 10.0. The highest BCUT2D eigenvalue weighted by atomic mass is 16.5. The number of nitrogens with zero attached hydrogens (tertiary/aromatic N) is 2. The van der Waals surface area contributed by atoms with Crippen LogP contribution in [0.1, 0.15) is 26.3 Å². The molecule has 0 saturated carbocycles. The molecule has 1 saturated heterocycles. The van der Waals surface area contributed by atoms with Gasteiger partial charge in [-0.25, -0.2) is 0 Å². The van der Waals surface area contributed by atoms with Crippen molar-refractivity contribution in [1.82, 2.24) is 9.80 Å². The summed E-state index contributed by atoms with van der Waals surface area (Å²) in [4.78, 5) is 30.0. The smallest absolute Gasteiger partial charge is 0.253 e. The van der Waals surface area contributed by atoms with Crippen LogP contribution < -0.4 is 4.74 Å². The zero-order valence-electron chi connectivity index (χ0n) is 17.3. The van der Waals surface area contributed by atoms with Gasteiger partial charge in [-0.1, -0.05) is 48.5 Å². The van der Waals surface area contributed by atoms with Crippen LogP contribution in [0.15, 0.2) is 72.8 Å². The molecule has 5 rings (SSSR count). The highest BCUT2D eigenvalue weighted by molar-refractivity contribution is 6.22. The summed E-state index contributed by atoms with van der Waals surface area (Å²) < 4.78 is 5.78. The molecular weight excluding hydrogens is 388 g/mol. The Bertz CT molecular complexity index is 1120. The van der Waals surface area contributed by atoms with Crippen molar-refractivity contribution in [2.45, 2.75) is 0 Å². The van der Waals surface area contributed by atoms with Crippen LogP contribution in [0.2, 0.25) is 0 Å². The monoisotopic (exact) mass is 412 g/mol. The minimum absolute atomic E-state index is 0.00323. The van der Waals surface area contributed by atoms with Crippen molar-refractivity contribution in [1.29, 1.82) is 0 Å². The van der Waals surface area contributed by atoms with E-state index in [2.05, 4.69) is 4.90 Å². The number of amides is 1. The number of fused-ring (bicyclic) bond motifs is 3. The van der Waals surface area contributed by atoms with Crippen molar-refractivity contribution in [2.75, 3.05) is 39.3 Å². The van der Waals surface area contributed by atoms with Gasteiger partial charge >= 0.3 is 0 Å². The quantitative estimate of drug-likeness (QED) is 0.501. The van der Waals surface area contributed by atoms with Crippen LogP contribution in [0.5, 0.6) is 5.75 Å². The number of para-hydroxylation sites is 1. The summed E-state index contributed by atoms with van der Waals surface area (Å²) in [6.07, 6.45) is 0. The van der Waals surface area contributed by atoms with E-state index in [4.69, 9.17) is 4.74 Å². The normalized spacial score (nSPS) is 15.5. The van der Waals surface area contributed by atoms with Gasteiger partial charge in [-0.05, 0) is 35.4 Å². The SMILES string of the molecule is O=C1c2ccccc2-c2ccc(C(=O)N3CCN(CCOc4ccccc4)CC3)cc21. The first kappa shape index (κ1) is 19.5. The van der Waals surface area contributed by atoms with Crippen molar-refractivity contribution in [3.8, 4) is 16.9 Å². The average molecular weight is 412 g/mol. The molecule has 1 fully saturated rings. The number of ketones is 1. The van der Waals surface area contributed by atoms with Crippen molar-refractivity contribution in [2.24, 2.45) is 0 Å². The molecule has 5 nitrogen and oxygen atoms in total. The number of piperazine rings is 1. The third-order valence-electron chi connectivity index (χ3n) is 6.05. The Hall–Kier alpha value is -3.44. The molecule has 1 aliphatic carbocycles. The van der Waals surface area contributed by atoms with Gasteiger partial charge in [-0.15, -0.1) is 0 Å². The van der Waals surface area contributed by atoms with Gasteiger partial charge in [0.15, 0.2) is 5.78 Å². The second kappa shape index (κ2) is 8.36. The van der Waals surface area contributed by atoms with Crippen molar-refractivity contribution >= 4 is 11.7 Å². The van der Waals surface area contributed by atoms with Gasteiger partial charge in [0.05, 0.1) is 0 Å². The maximum Gasteiger partial charge on any atom is 0.253 e. The number of benzene rings is 3. The molecule has 31 heavy (non-hydrogen) atoms. The van der Waals surface area contributed by atoms with Gasteiger partial charge in [-0.2, -0.15) is 0 Å². The van der Waals surface area contributed by atoms with E-state index in [0.717, 1.165) is 36.5 Å². The average Bonchev–Trinajstić information content (AvgIpc) is 3.11. The van der Waals surface area contributed by atoms with Crippen molar-refractivity contribution in [3.63, 3.8) is 0 Å². The molecule has 1 aliphatic heterocycles. The summed E-state index contributed by atoms with van der Waals surface area (Å²) in [7, 11) is 0. The highest BCUT2D eigenvalue weighted by Crippen LogP contribution is 2.36. The maximum absolute atomic E-state index is 13.1. The molecule has 0 spiro atoms. The molecule has 5 heteroatoms. The lowest BCUT2D eigenvalue weighted by molar-refractivity contribution is 0.0620. The molecule has 0 bridgehead atoms. The fraction of sp³-hybridized carbons (Fsp3) is 0.231. The summed E-state index contributed by atoms with van der Waals surface area (Å²) in [5.41, 5.74) is 3.80. The predicted molar refractivity (Wildman–Crippen MR) is 120 cm³/mol. The minimum atomic E-state index is -0.00765. The van der Waals surface area contributed by atoms with Crippen molar-refractivity contribution in [3.05, 3.63) is 89.5 Å². The van der Waals surface area contributed by atoms with E-state index in [9.17, 15) is 9.59 Å². The molecule has 1 heterocycles. The summed E-state index contributed by atoms with van der Waals surface area (Å²) in [6, 6.07) is 22.9. The zero-order valence-corrected chi connectivity index (χ0v) is 17.3. The molecule has 156 valence electrons. The molecule has 3 aromatic carbocycles. The Kier molecular flexibility index (Phi) is 5.26. The van der Waals surface area contributed by atoms with Crippen LogP contribution in [0.4, 0.5) is 0 Å². The largest absolute Gasteiger partial charge is 0.492 e.